The lowest BCUT2D eigenvalue weighted by molar-refractivity contribution is -0.145. The van der Waals surface area contributed by atoms with Crippen LogP contribution >= 0.6 is 0 Å². The number of hydrogen-bond donors (Lipinski definition) is 1. The lowest BCUT2D eigenvalue weighted by Crippen LogP contribution is -2.16. The minimum absolute atomic E-state index is 0.0217. The second kappa shape index (κ2) is 51.9. The molecule has 16 heteroatoms. The standard InChI is InChI=1S/C40H80O16/c1-2-3-4-5-6-7-8-9-10-11-40(42)56-39-38-55-37-36-54-35-34-53-33-32-52-31-30-51-29-28-50-27-26-49-25-24-48-23-22-47-21-20-46-19-18-45-17-16-44-15-14-43-13-12-41/h41H,2-39H2,1H3. The average molecular weight is 817 g/mol. The van der Waals surface area contributed by atoms with Gasteiger partial charge in [0.15, 0.2) is 0 Å². The van der Waals surface area contributed by atoms with Crippen molar-refractivity contribution in [2.24, 2.45) is 0 Å². The van der Waals surface area contributed by atoms with Crippen LogP contribution in [0.15, 0.2) is 0 Å². The summed E-state index contributed by atoms with van der Waals surface area (Å²) in [6, 6.07) is 0. The molecule has 0 aliphatic carbocycles. The molecule has 0 aliphatic heterocycles. The van der Waals surface area contributed by atoms with E-state index in [9.17, 15) is 4.79 Å². The number of carbonyl (C=O) groups excluding carboxylic acids is 1. The van der Waals surface area contributed by atoms with Crippen molar-refractivity contribution < 1.29 is 76.2 Å². The first-order valence-electron chi connectivity index (χ1n) is 21.1. The van der Waals surface area contributed by atoms with Crippen molar-refractivity contribution in [2.45, 2.75) is 71.1 Å². The van der Waals surface area contributed by atoms with Gasteiger partial charge in [0.1, 0.15) is 6.61 Å². The molecule has 0 saturated carbocycles. The number of ether oxygens (including phenoxy) is 14. The molecule has 0 saturated heterocycles. The molecule has 336 valence electrons. The van der Waals surface area contributed by atoms with Gasteiger partial charge in [0, 0.05) is 6.42 Å². The van der Waals surface area contributed by atoms with Crippen LogP contribution in [0.4, 0.5) is 0 Å². The summed E-state index contributed by atoms with van der Waals surface area (Å²) < 4.78 is 75.9. The number of aliphatic hydroxyl groups excluding tert-OH is 1. The first kappa shape index (κ1) is 54.9. The number of rotatable bonds is 51. The molecule has 0 rings (SSSR count). The predicted octanol–water partition coefficient (Wildman–Crippen LogP) is 3.66. The van der Waals surface area contributed by atoms with Crippen molar-refractivity contribution >= 4 is 5.97 Å². The molecule has 0 spiro atoms. The van der Waals surface area contributed by atoms with Crippen molar-refractivity contribution in [1.82, 2.24) is 0 Å². The zero-order chi connectivity index (χ0) is 40.3. The molecule has 56 heavy (non-hydrogen) atoms. The Balaban J connectivity index is 3.10. The van der Waals surface area contributed by atoms with Gasteiger partial charge in [-0.05, 0) is 6.42 Å². The van der Waals surface area contributed by atoms with E-state index < -0.39 is 0 Å². The van der Waals surface area contributed by atoms with E-state index in [2.05, 4.69) is 6.92 Å². The third-order valence-electron chi connectivity index (χ3n) is 7.67. The van der Waals surface area contributed by atoms with Crippen LogP contribution in [0.5, 0.6) is 0 Å². The van der Waals surface area contributed by atoms with Gasteiger partial charge in [-0.2, -0.15) is 0 Å². The SMILES string of the molecule is CCCCCCCCCCCC(=O)OCCOCCOCCOCCOCCOCCOCCOCCOCCOCCOCCOCCOCCOCCO. The van der Waals surface area contributed by atoms with E-state index in [1.165, 1.54) is 44.9 Å². The maximum Gasteiger partial charge on any atom is 0.305 e. The molecule has 0 fully saturated rings. The molecule has 0 aromatic carbocycles. The van der Waals surface area contributed by atoms with Crippen molar-refractivity contribution in [3.8, 4) is 0 Å². The third kappa shape index (κ3) is 50.9. The largest absolute Gasteiger partial charge is 0.463 e. The average Bonchev–Trinajstić information content (AvgIpc) is 3.20. The van der Waals surface area contributed by atoms with Crippen LogP contribution < -0.4 is 0 Å². The lowest BCUT2D eigenvalue weighted by Gasteiger charge is -2.09. The number of carbonyl (C=O) groups is 1. The molecular formula is C40H80O16. The second-order valence-corrected chi connectivity index (χ2v) is 12.5. The topological polar surface area (TPSA) is 167 Å². The Kier molecular flexibility index (Phi) is 50.9. The van der Waals surface area contributed by atoms with E-state index in [0.29, 0.717) is 178 Å². The number of aliphatic hydroxyl groups is 1. The fourth-order valence-corrected chi connectivity index (χ4v) is 4.67. The van der Waals surface area contributed by atoms with Gasteiger partial charge in [0.25, 0.3) is 0 Å². The summed E-state index contributed by atoms with van der Waals surface area (Å²) in [7, 11) is 0. The normalized spacial score (nSPS) is 11.5. The number of hydrogen-bond acceptors (Lipinski definition) is 16. The highest BCUT2D eigenvalue weighted by Crippen LogP contribution is 2.10. The monoisotopic (exact) mass is 817 g/mol. The smallest absolute Gasteiger partial charge is 0.305 e. The van der Waals surface area contributed by atoms with Gasteiger partial charge >= 0.3 is 5.97 Å². The molecule has 0 atom stereocenters. The van der Waals surface area contributed by atoms with Crippen LogP contribution in [-0.4, -0.2) is 196 Å². The van der Waals surface area contributed by atoms with E-state index in [0.717, 1.165) is 12.8 Å². The van der Waals surface area contributed by atoms with Crippen molar-refractivity contribution in [3.63, 3.8) is 0 Å². The van der Waals surface area contributed by atoms with Crippen molar-refractivity contribution in [3.05, 3.63) is 0 Å². The Morgan fingerprint density at radius 3 is 0.768 bits per heavy atom. The van der Waals surface area contributed by atoms with E-state index in [-0.39, 0.29) is 19.2 Å². The summed E-state index contributed by atoms with van der Waals surface area (Å²) in [4.78, 5) is 11.8. The van der Waals surface area contributed by atoms with E-state index in [1.807, 2.05) is 0 Å². The molecule has 0 bridgehead atoms. The maximum absolute atomic E-state index is 11.8. The second-order valence-electron chi connectivity index (χ2n) is 12.5. The summed E-state index contributed by atoms with van der Waals surface area (Å²) in [5.41, 5.74) is 0. The Hall–Kier alpha value is -1.09. The Morgan fingerprint density at radius 2 is 0.518 bits per heavy atom. The minimum Gasteiger partial charge on any atom is -0.463 e. The van der Waals surface area contributed by atoms with E-state index >= 15 is 0 Å². The Labute approximate surface area is 338 Å². The molecule has 1 N–H and O–H groups in total. The van der Waals surface area contributed by atoms with Crippen LogP contribution in [0.1, 0.15) is 71.1 Å². The van der Waals surface area contributed by atoms with Gasteiger partial charge in [0.2, 0.25) is 0 Å². The first-order valence-corrected chi connectivity index (χ1v) is 21.1. The zero-order valence-electron chi connectivity index (χ0n) is 34.9. The van der Waals surface area contributed by atoms with E-state index in [4.69, 9.17) is 71.4 Å². The number of esters is 1. The molecule has 0 radical (unpaired) electrons. The fourth-order valence-electron chi connectivity index (χ4n) is 4.67. The summed E-state index contributed by atoms with van der Waals surface area (Å²) in [6.45, 7) is 15.0. The summed E-state index contributed by atoms with van der Waals surface area (Å²) in [5, 5.41) is 8.59. The first-order chi connectivity index (χ1) is 27.8. The highest BCUT2D eigenvalue weighted by Gasteiger charge is 2.03. The van der Waals surface area contributed by atoms with Gasteiger partial charge in [-0.1, -0.05) is 58.3 Å². The maximum atomic E-state index is 11.8. The van der Waals surface area contributed by atoms with Crippen LogP contribution in [0.25, 0.3) is 0 Å². The summed E-state index contributed by atoms with van der Waals surface area (Å²) >= 11 is 0. The van der Waals surface area contributed by atoms with Gasteiger partial charge in [-0.15, -0.1) is 0 Å². The van der Waals surface area contributed by atoms with Gasteiger partial charge in [0.05, 0.1) is 178 Å². The van der Waals surface area contributed by atoms with Gasteiger partial charge in [-0.3, -0.25) is 4.79 Å². The van der Waals surface area contributed by atoms with Crippen molar-refractivity contribution in [2.75, 3.05) is 185 Å². The summed E-state index contributed by atoms with van der Waals surface area (Å²) in [6.07, 6.45) is 11.6. The third-order valence-corrected chi connectivity index (χ3v) is 7.67. The molecule has 0 aromatic rings. The highest BCUT2D eigenvalue weighted by atomic mass is 16.6. The molecular weight excluding hydrogens is 736 g/mol. The van der Waals surface area contributed by atoms with Gasteiger partial charge in [-0.25, -0.2) is 0 Å². The fraction of sp³-hybridized carbons (Fsp3) is 0.975. The quantitative estimate of drug-likeness (QED) is 0.0698. The van der Waals surface area contributed by atoms with Crippen LogP contribution in [-0.2, 0) is 71.1 Å². The molecule has 0 heterocycles. The lowest BCUT2D eigenvalue weighted by atomic mass is 10.1. The predicted molar refractivity (Wildman–Crippen MR) is 211 cm³/mol. The molecule has 0 unspecified atom stereocenters. The number of unbranched alkanes of at least 4 members (excludes halogenated alkanes) is 8. The molecule has 0 aromatic heterocycles. The molecule has 0 aliphatic rings. The summed E-state index contributed by atoms with van der Waals surface area (Å²) in [5.74, 6) is -0.140. The van der Waals surface area contributed by atoms with Crippen LogP contribution in [0, 0.1) is 0 Å². The Bertz CT molecular complexity index is 724. The highest BCUT2D eigenvalue weighted by molar-refractivity contribution is 5.69. The van der Waals surface area contributed by atoms with Gasteiger partial charge < -0.3 is 71.4 Å². The van der Waals surface area contributed by atoms with Crippen LogP contribution in [0.3, 0.4) is 0 Å². The Morgan fingerprint density at radius 1 is 0.304 bits per heavy atom. The minimum atomic E-state index is -0.140. The van der Waals surface area contributed by atoms with E-state index in [1.54, 1.807) is 0 Å². The zero-order valence-corrected chi connectivity index (χ0v) is 34.9. The van der Waals surface area contributed by atoms with Crippen molar-refractivity contribution in [1.29, 1.82) is 0 Å². The molecule has 16 nitrogen and oxygen atoms in total. The van der Waals surface area contributed by atoms with Crippen LogP contribution in [0.2, 0.25) is 0 Å². The molecule has 0 amide bonds.